The summed E-state index contributed by atoms with van der Waals surface area (Å²) < 4.78 is 13.8. The molecule has 0 saturated heterocycles. The van der Waals surface area contributed by atoms with Crippen LogP contribution in [0.2, 0.25) is 5.32 Å². The van der Waals surface area contributed by atoms with E-state index in [4.69, 9.17) is 9.47 Å². The van der Waals surface area contributed by atoms with Gasteiger partial charge in [-0.15, -0.1) is 0 Å². The van der Waals surface area contributed by atoms with Crippen molar-refractivity contribution in [1.29, 1.82) is 0 Å². The first kappa shape index (κ1) is 16.2. The second-order valence-corrected chi connectivity index (χ2v) is 7.13. The molecule has 2 aromatic rings. The molecule has 5 heteroatoms. The van der Waals surface area contributed by atoms with Crippen molar-refractivity contribution in [2.24, 2.45) is 0 Å². The summed E-state index contributed by atoms with van der Waals surface area (Å²) in [6, 6.07) is 12.7. The molecule has 0 N–H and O–H groups in total. The minimum absolute atomic E-state index is 0.368. The van der Waals surface area contributed by atoms with E-state index in [1.165, 1.54) is 16.2 Å². The van der Waals surface area contributed by atoms with Crippen LogP contribution in [0.3, 0.4) is 0 Å². The van der Waals surface area contributed by atoms with Gasteiger partial charge in [0.25, 0.3) is 0 Å². The molecule has 0 atom stereocenters. The van der Waals surface area contributed by atoms with Crippen LogP contribution in [0.25, 0.3) is 0 Å². The van der Waals surface area contributed by atoms with Gasteiger partial charge in [-0.3, -0.25) is 0 Å². The molecule has 0 aliphatic heterocycles. The Morgan fingerprint density at radius 1 is 1.10 bits per heavy atom. The Morgan fingerprint density at radius 3 is 2.57 bits per heavy atom. The number of methoxy groups -OCH3 is 2. The summed E-state index contributed by atoms with van der Waals surface area (Å²) in [7, 11) is 3.25. The standard InChI is InChI=1S/C16H22N2O2Se/c1-19-16(20-2)15-10-12-18(17-15)11-6-7-13-21-14-8-4-3-5-9-14/h3-5,8-10,12,16H,6-7,11,13H2,1-2H3. The van der Waals surface area contributed by atoms with E-state index in [0.29, 0.717) is 15.0 Å². The molecular formula is C16H22N2O2Se. The fraction of sp³-hybridized carbons (Fsp3) is 0.438. The predicted molar refractivity (Wildman–Crippen MR) is 84.9 cm³/mol. The number of rotatable bonds is 9. The zero-order valence-corrected chi connectivity index (χ0v) is 14.3. The molecule has 0 bridgehead atoms. The van der Waals surface area contributed by atoms with E-state index in [-0.39, 0.29) is 6.29 Å². The maximum absolute atomic E-state index is 5.20. The van der Waals surface area contributed by atoms with Crippen molar-refractivity contribution in [2.45, 2.75) is 31.0 Å². The molecule has 21 heavy (non-hydrogen) atoms. The van der Waals surface area contributed by atoms with Crippen LogP contribution in [0.1, 0.15) is 24.8 Å². The first-order valence-electron chi connectivity index (χ1n) is 7.10. The summed E-state index contributed by atoms with van der Waals surface area (Å²) in [4.78, 5) is 0. The number of ether oxygens (including phenoxy) is 2. The average Bonchev–Trinajstić information content (AvgIpc) is 2.98. The van der Waals surface area contributed by atoms with Crippen LogP contribution in [0.5, 0.6) is 0 Å². The van der Waals surface area contributed by atoms with Crippen molar-refractivity contribution in [2.75, 3.05) is 14.2 Å². The van der Waals surface area contributed by atoms with Crippen LogP contribution in [-0.4, -0.2) is 39.0 Å². The van der Waals surface area contributed by atoms with Crippen molar-refractivity contribution >= 4 is 19.4 Å². The van der Waals surface area contributed by atoms with Crippen LogP contribution in [0, 0.1) is 0 Å². The average molecular weight is 353 g/mol. The summed E-state index contributed by atoms with van der Waals surface area (Å²) in [6.07, 6.45) is 4.01. The van der Waals surface area contributed by atoms with Crippen molar-refractivity contribution in [3.63, 3.8) is 0 Å². The zero-order chi connectivity index (χ0) is 14.9. The number of benzene rings is 1. The molecule has 0 spiro atoms. The molecule has 0 saturated carbocycles. The van der Waals surface area contributed by atoms with Gasteiger partial charge in [-0.25, -0.2) is 0 Å². The number of unbranched alkanes of at least 4 members (excludes halogenated alkanes) is 1. The number of aryl methyl sites for hydroxylation is 1. The molecule has 1 heterocycles. The molecule has 1 aromatic carbocycles. The summed E-state index contributed by atoms with van der Waals surface area (Å²) in [5.41, 5.74) is 0.827. The van der Waals surface area contributed by atoms with Gasteiger partial charge in [-0.05, 0) is 0 Å². The molecule has 0 fully saturated rings. The Bertz CT molecular complexity index is 512. The van der Waals surface area contributed by atoms with E-state index in [9.17, 15) is 0 Å². The zero-order valence-electron chi connectivity index (χ0n) is 12.6. The number of aromatic nitrogens is 2. The molecule has 0 unspecified atom stereocenters. The quantitative estimate of drug-likeness (QED) is 0.395. The fourth-order valence-electron chi connectivity index (χ4n) is 2.05. The van der Waals surface area contributed by atoms with Gasteiger partial charge in [0, 0.05) is 0 Å². The van der Waals surface area contributed by atoms with Crippen LogP contribution >= 0.6 is 0 Å². The fourth-order valence-corrected chi connectivity index (χ4v) is 4.01. The minimum atomic E-state index is -0.368. The van der Waals surface area contributed by atoms with Gasteiger partial charge in [-0.2, -0.15) is 0 Å². The molecule has 114 valence electrons. The predicted octanol–water partition coefficient (Wildman–Crippen LogP) is 2.40. The molecule has 0 aliphatic rings. The summed E-state index contributed by atoms with van der Waals surface area (Å²) in [5, 5.41) is 5.76. The monoisotopic (exact) mass is 354 g/mol. The molecule has 0 amide bonds. The molecule has 4 nitrogen and oxygen atoms in total. The Morgan fingerprint density at radius 2 is 1.86 bits per heavy atom. The van der Waals surface area contributed by atoms with Gasteiger partial charge >= 0.3 is 132 Å². The third-order valence-corrected chi connectivity index (χ3v) is 5.43. The third kappa shape index (κ3) is 5.29. The number of hydrogen-bond donors (Lipinski definition) is 0. The number of hydrogen-bond acceptors (Lipinski definition) is 3. The Balaban J connectivity index is 1.67. The van der Waals surface area contributed by atoms with E-state index in [2.05, 4.69) is 35.4 Å². The second-order valence-electron chi connectivity index (χ2n) is 4.68. The van der Waals surface area contributed by atoms with Crippen molar-refractivity contribution in [3.8, 4) is 0 Å². The van der Waals surface area contributed by atoms with Crippen LogP contribution in [0.15, 0.2) is 42.6 Å². The first-order chi connectivity index (χ1) is 10.3. The van der Waals surface area contributed by atoms with Gasteiger partial charge in [0.2, 0.25) is 0 Å². The van der Waals surface area contributed by atoms with Gasteiger partial charge < -0.3 is 0 Å². The van der Waals surface area contributed by atoms with E-state index >= 15 is 0 Å². The summed E-state index contributed by atoms with van der Waals surface area (Å²) in [5.74, 6) is 0. The van der Waals surface area contributed by atoms with Gasteiger partial charge in [0.15, 0.2) is 0 Å². The van der Waals surface area contributed by atoms with Crippen molar-refractivity contribution in [3.05, 3.63) is 48.3 Å². The van der Waals surface area contributed by atoms with Crippen LogP contribution in [-0.2, 0) is 16.0 Å². The van der Waals surface area contributed by atoms with E-state index < -0.39 is 0 Å². The SMILES string of the molecule is COC(OC)c1ccn(CCCC[Se]c2ccccc2)n1. The molecule has 0 aliphatic carbocycles. The molecule has 0 radical (unpaired) electrons. The summed E-state index contributed by atoms with van der Waals surface area (Å²) in [6.45, 7) is 0.949. The van der Waals surface area contributed by atoms with E-state index in [1.54, 1.807) is 14.2 Å². The maximum atomic E-state index is 5.20. The van der Waals surface area contributed by atoms with Crippen molar-refractivity contribution < 1.29 is 9.47 Å². The second kappa shape index (κ2) is 9.00. The first-order valence-corrected chi connectivity index (χ1v) is 9.17. The van der Waals surface area contributed by atoms with Crippen molar-refractivity contribution in [1.82, 2.24) is 9.78 Å². The Labute approximate surface area is 132 Å². The van der Waals surface area contributed by atoms with Crippen LogP contribution < -0.4 is 4.46 Å². The van der Waals surface area contributed by atoms with Gasteiger partial charge in [0.05, 0.1) is 0 Å². The summed E-state index contributed by atoms with van der Waals surface area (Å²) >= 11 is 0.591. The van der Waals surface area contributed by atoms with E-state index in [0.717, 1.165) is 18.7 Å². The van der Waals surface area contributed by atoms with Crippen LogP contribution in [0.4, 0.5) is 0 Å². The molecule has 2 rings (SSSR count). The number of nitrogens with zero attached hydrogens (tertiary/aromatic N) is 2. The molecule has 1 aromatic heterocycles. The third-order valence-electron chi connectivity index (χ3n) is 3.12. The normalized spacial score (nSPS) is 11.2. The van der Waals surface area contributed by atoms with E-state index in [1.807, 2.05) is 16.9 Å². The molecular weight excluding hydrogens is 331 g/mol. The van der Waals surface area contributed by atoms with Gasteiger partial charge in [-0.1, -0.05) is 0 Å². The van der Waals surface area contributed by atoms with Gasteiger partial charge in [0.1, 0.15) is 0 Å². The Kier molecular flexibility index (Phi) is 6.96. The topological polar surface area (TPSA) is 36.3 Å². The Hall–Kier alpha value is -1.13.